The van der Waals surface area contributed by atoms with Crippen LogP contribution in [0.1, 0.15) is 13.3 Å². The zero-order chi connectivity index (χ0) is 8.60. The van der Waals surface area contributed by atoms with Gasteiger partial charge in [0.2, 0.25) is 0 Å². The highest BCUT2D eigenvalue weighted by Crippen LogP contribution is 2.41. The maximum atomic E-state index is 5.75. The Labute approximate surface area is 81.9 Å². The minimum atomic E-state index is -0.288. The van der Waals surface area contributed by atoms with Crippen LogP contribution in [-0.2, 0) is 9.47 Å². The number of alkyl halides is 1. The van der Waals surface area contributed by atoms with Crippen LogP contribution >= 0.6 is 23.4 Å². The quantitative estimate of drug-likeness (QED) is 0.613. The van der Waals surface area contributed by atoms with Gasteiger partial charge in [-0.25, -0.2) is 0 Å². The summed E-state index contributed by atoms with van der Waals surface area (Å²) in [5.41, 5.74) is 0. The van der Waals surface area contributed by atoms with E-state index in [-0.39, 0.29) is 11.9 Å². The van der Waals surface area contributed by atoms with Crippen LogP contribution in [-0.4, -0.2) is 35.4 Å². The summed E-state index contributed by atoms with van der Waals surface area (Å²) < 4.78 is 11.4. The molecule has 2 rings (SSSR count). The molecule has 2 fully saturated rings. The molecule has 2 aliphatic rings. The second-order valence-electron chi connectivity index (χ2n) is 3.44. The molecule has 0 aromatic carbocycles. The Morgan fingerprint density at radius 2 is 2.50 bits per heavy atom. The van der Waals surface area contributed by atoms with Crippen molar-refractivity contribution in [1.82, 2.24) is 0 Å². The molecule has 0 bridgehead atoms. The fraction of sp³-hybridized carbons (Fsp3) is 1.00. The van der Waals surface area contributed by atoms with Gasteiger partial charge in [0.1, 0.15) is 0 Å². The molecule has 2 nitrogen and oxygen atoms in total. The smallest absolute Gasteiger partial charge is 0.178 e. The van der Waals surface area contributed by atoms with Gasteiger partial charge in [-0.1, -0.05) is 6.92 Å². The monoisotopic (exact) mass is 208 g/mol. The van der Waals surface area contributed by atoms with Crippen molar-refractivity contribution >= 4 is 23.4 Å². The summed E-state index contributed by atoms with van der Waals surface area (Å²) in [4.78, 5) is 0. The SMILES string of the molecule is CC1CC2(CS1)OCC(CCl)O2. The van der Waals surface area contributed by atoms with Crippen molar-refractivity contribution in [2.24, 2.45) is 0 Å². The molecule has 2 heterocycles. The van der Waals surface area contributed by atoms with E-state index >= 15 is 0 Å². The lowest BCUT2D eigenvalue weighted by Gasteiger charge is -2.20. The number of hydrogen-bond acceptors (Lipinski definition) is 3. The minimum Gasteiger partial charge on any atom is -0.346 e. The van der Waals surface area contributed by atoms with E-state index in [1.54, 1.807) is 0 Å². The molecule has 1 spiro atoms. The molecule has 4 heteroatoms. The van der Waals surface area contributed by atoms with Crippen molar-refractivity contribution in [2.75, 3.05) is 18.2 Å². The van der Waals surface area contributed by atoms with Gasteiger partial charge in [0.15, 0.2) is 5.79 Å². The van der Waals surface area contributed by atoms with E-state index in [9.17, 15) is 0 Å². The van der Waals surface area contributed by atoms with Crippen molar-refractivity contribution in [2.45, 2.75) is 30.5 Å². The van der Waals surface area contributed by atoms with Crippen molar-refractivity contribution in [3.05, 3.63) is 0 Å². The lowest BCUT2D eigenvalue weighted by molar-refractivity contribution is -0.146. The lowest BCUT2D eigenvalue weighted by atomic mass is 10.2. The summed E-state index contributed by atoms with van der Waals surface area (Å²) in [7, 11) is 0. The maximum absolute atomic E-state index is 5.75. The van der Waals surface area contributed by atoms with E-state index in [4.69, 9.17) is 21.1 Å². The van der Waals surface area contributed by atoms with Gasteiger partial charge in [-0.15, -0.1) is 11.6 Å². The number of ether oxygens (including phenoxy) is 2. The minimum absolute atomic E-state index is 0.109. The second-order valence-corrected chi connectivity index (χ2v) is 5.18. The maximum Gasteiger partial charge on any atom is 0.178 e. The fourth-order valence-electron chi connectivity index (χ4n) is 1.70. The molecule has 2 saturated heterocycles. The fourth-order valence-corrected chi connectivity index (χ4v) is 3.03. The third kappa shape index (κ3) is 1.60. The molecule has 3 atom stereocenters. The predicted octanol–water partition coefficient (Wildman–Crippen LogP) is 1.86. The zero-order valence-electron chi connectivity index (χ0n) is 7.09. The Morgan fingerprint density at radius 1 is 1.67 bits per heavy atom. The lowest BCUT2D eigenvalue weighted by Crippen LogP contribution is -2.31. The molecule has 0 aromatic rings. The Balaban J connectivity index is 1.97. The van der Waals surface area contributed by atoms with Gasteiger partial charge in [0, 0.05) is 17.4 Å². The van der Waals surface area contributed by atoms with Crippen molar-refractivity contribution in [3.63, 3.8) is 0 Å². The number of halogens is 1. The van der Waals surface area contributed by atoms with Crippen LogP contribution in [0.3, 0.4) is 0 Å². The third-order valence-electron chi connectivity index (χ3n) is 2.27. The average Bonchev–Trinajstić information content (AvgIpc) is 2.61. The molecule has 12 heavy (non-hydrogen) atoms. The first-order valence-electron chi connectivity index (χ1n) is 4.23. The average molecular weight is 209 g/mol. The molecule has 0 N–H and O–H groups in total. The van der Waals surface area contributed by atoms with Crippen LogP contribution in [0, 0.1) is 0 Å². The molecular formula is C8H13ClO2S. The highest BCUT2D eigenvalue weighted by Gasteiger charge is 2.46. The van der Waals surface area contributed by atoms with Crippen molar-refractivity contribution in [1.29, 1.82) is 0 Å². The Hall–Kier alpha value is 0.560. The zero-order valence-corrected chi connectivity index (χ0v) is 8.66. The van der Waals surface area contributed by atoms with E-state index in [0.29, 0.717) is 17.7 Å². The molecule has 0 amide bonds. The van der Waals surface area contributed by atoms with Crippen LogP contribution in [0.25, 0.3) is 0 Å². The molecular weight excluding hydrogens is 196 g/mol. The highest BCUT2D eigenvalue weighted by atomic mass is 35.5. The molecule has 0 radical (unpaired) electrons. The molecule has 2 aliphatic heterocycles. The molecule has 70 valence electrons. The van der Waals surface area contributed by atoms with Crippen LogP contribution in [0.4, 0.5) is 0 Å². The third-order valence-corrected chi connectivity index (χ3v) is 3.96. The Kier molecular flexibility index (Phi) is 2.56. The highest BCUT2D eigenvalue weighted by molar-refractivity contribution is 8.00. The summed E-state index contributed by atoms with van der Waals surface area (Å²) in [6, 6.07) is 0. The van der Waals surface area contributed by atoms with E-state index in [1.165, 1.54) is 0 Å². The van der Waals surface area contributed by atoms with Crippen LogP contribution in [0.5, 0.6) is 0 Å². The van der Waals surface area contributed by atoms with E-state index < -0.39 is 0 Å². The molecule has 3 unspecified atom stereocenters. The van der Waals surface area contributed by atoms with Gasteiger partial charge in [-0.05, 0) is 0 Å². The van der Waals surface area contributed by atoms with E-state index in [0.717, 1.165) is 12.2 Å². The summed E-state index contributed by atoms with van der Waals surface area (Å²) in [5.74, 6) is 1.21. The van der Waals surface area contributed by atoms with E-state index in [2.05, 4.69) is 6.92 Å². The summed E-state index contributed by atoms with van der Waals surface area (Å²) >= 11 is 7.61. The first-order valence-corrected chi connectivity index (χ1v) is 5.82. The Bertz CT molecular complexity index is 178. The van der Waals surface area contributed by atoms with E-state index in [1.807, 2.05) is 11.8 Å². The van der Waals surface area contributed by atoms with Gasteiger partial charge >= 0.3 is 0 Å². The summed E-state index contributed by atoms with van der Waals surface area (Å²) in [6.45, 7) is 2.87. The number of hydrogen-bond donors (Lipinski definition) is 0. The van der Waals surface area contributed by atoms with Crippen molar-refractivity contribution < 1.29 is 9.47 Å². The standard InChI is InChI=1S/C8H13ClO2S/c1-6-2-8(5-12-6)10-4-7(3-9)11-8/h6-7H,2-5H2,1H3. The normalized spacial score (nSPS) is 47.5. The van der Waals surface area contributed by atoms with Gasteiger partial charge in [-0.3, -0.25) is 0 Å². The summed E-state index contributed by atoms with van der Waals surface area (Å²) in [6.07, 6.45) is 1.11. The topological polar surface area (TPSA) is 18.5 Å². The molecule has 0 aliphatic carbocycles. The number of rotatable bonds is 1. The summed E-state index contributed by atoms with van der Waals surface area (Å²) in [5, 5.41) is 0.652. The molecule has 0 saturated carbocycles. The van der Waals surface area contributed by atoms with Gasteiger partial charge in [-0.2, -0.15) is 11.8 Å². The number of thioether (sulfide) groups is 1. The van der Waals surface area contributed by atoms with Gasteiger partial charge < -0.3 is 9.47 Å². The van der Waals surface area contributed by atoms with Crippen LogP contribution in [0.15, 0.2) is 0 Å². The second kappa shape index (κ2) is 3.37. The van der Waals surface area contributed by atoms with Gasteiger partial charge in [0.05, 0.1) is 18.6 Å². The molecule has 0 aromatic heterocycles. The Morgan fingerprint density at radius 3 is 3.00 bits per heavy atom. The predicted molar refractivity (Wildman–Crippen MR) is 50.8 cm³/mol. The van der Waals surface area contributed by atoms with Crippen LogP contribution < -0.4 is 0 Å². The van der Waals surface area contributed by atoms with Crippen LogP contribution in [0.2, 0.25) is 0 Å². The first kappa shape index (κ1) is 9.13. The van der Waals surface area contributed by atoms with Gasteiger partial charge in [0.25, 0.3) is 0 Å². The largest absolute Gasteiger partial charge is 0.346 e. The van der Waals surface area contributed by atoms with Crippen molar-refractivity contribution in [3.8, 4) is 0 Å². The first-order chi connectivity index (χ1) is 5.74.